The predicted octanol–water partition coefficient (Wildman–Crippen LogP) is -1.17. The summed E-state index contributed by atoms with van der Waals surface area (Å²) < 4.78 is 0. The van der Waals surface area contributed by atoms with E-state index in [9.17, 15) is 0 Å². The Kier molecular flexibility index (Phi) is 31.1. The summed E-state index contributed by atoms with van der Waals surface area (Å²) in [5.74, 6) is 0. The SMILES string of the molecule is NC(=O)[S-].NC(=O)[S-].NC(=O)[S-].[Cu]. The second kappa shape index (κ2) is 17.6. The quantitative estimate of drug-likeness (QED) is 0.381. The summed E-state index contributed by atoms with van der Waals surface area (Å²) in [6.07, 6.45) is 0. The van der Waals surface area contributed by atoms with Crippen molar-refractivity contribution >= 4 is 53.6 Å². The summed E-state index contributed by atoms with van der Waals surface area (Å²) in [4.78, 5) is 27.1. The number of carbonyl (C=O) groups excluding carboxylic acids is 3. The molecule has 83 valence electrons. The van der Waals surface area contributed by atoms with Gasteiger partial charge < -0.3 is 69.5 Å². The van der Waals surface area contributed by atoms with Crippen LogP contribution in [-0.2, 0) is 55.0 Å². The molecule has 10 heteroatoms. The first-order valence-electron chi connectivity index (χ1n) is 2.09. The summed E-state index contributed by atoms with van der Waals surface area (Å²) in [6, 6.07) is 0. The smallest absolute Gasteiger partial charge is 0.0954 e. The molecule has 6 N–H and O–H groups in total. The van der Waals surface area contributed by atoms with Crippen LogP contribution in [0.15, 0.2) is 0 Å². The molecule has 0 aliphatic carbocycles. The zero-order chi connectivity index (χ0) is 10.7. The molecule has 0 fully saturated rings. The van der Waals surface area contributed by atoms with Gasteiger partial charge in [0.25, 0.3) is 0 Å². The van der Waals surface area contributed by atoms with Crippen molar-refractivity contribution in [2.75, 3.05) is 0 Å². The van der Waals surface area contributed by atoms with Crippen molar-refractivity contribution < 1.29 is 31.5 Å². The third kappa shape index (κ3) is 6320. The van der Waals surface area contributed by atoms with E-state index < -0.39 is 15.7 Å². The first-order valence-corrected chi connectivity index (χ1v) is 3.32. The van der Waals surface area contributed by atoms with Crippen LogP contribution in [0.4, 0.5) is 14.4 Å². The van der Waals surface area contributed by atoms with Gasteiger partial charge in [0.2, 0.25) is 0 Å². The van der Waals surface area contributed by atoms with Crippen molar-refractivity contribution in [3.05, 3.63) is 0 Å². The van der Waals surface area contributed by atoms with Gasteiger partial charge in [-0.25, -0.2) is 0 Å². The Labute approximate surface area is 102 Å². The number of hydrogen-bond donors (Lipinski definition) is 3. The minimum atomic E-state index is -0.750. The molecule has 0 unspecified atom stereocenters. The van der Waals surface area contributed by atoms with Crippen molar-refractivity contribution in [2.24, 2.45) is 17.2 Å². The molecule has 1 radical (unpaired) electrons. The number of amides is 3. The first kappa shape index (κ1) is 22.9. The van der Waals surface area contributed by atoms with Crippen LogP contribution in [0.1, 0.15) is 0 Å². The second-order valence-corrected chi connectivity index (χ2v) is 2.16. The van der Waals surface area contributed by atoms with E-state index in [1.54, 1.807) is 0 Å². The van der Waals surface area contributed by atoms with Crippen molar-refractivity contribution in [3.8, 4) is 0 Å². The molecule has 3 amide bonds. The standard InChI is InChI=1S/3CH3NOS.Cu/c3*2-1(3)4;/h3*(H3,2,3,4);/p-3. The summed E-state index contributed by atoms with van der Waals surface area (Å²) in [7, 11) is 0. The topological polar surface area (TPSA) is 129 Å². The monoisotopic (exact) mass is 291 g/mol. The van der Waals surface area contributed by atoms with Crippen LogP contribution in [-0.4, -0.2) is 15.7 Å². The first-order chi connectivity index (χ1) is 5.20. The van der Waals surface area contributed by atoms with Gasteiger partial charge in [-0.2, -0.15) is 0 Å². The normalized spacial score (nSPS) is 5.54. The molecular formula is C3H6CuN3O3S3-3. The van der Waals surface area contributed by atoms with Gasteiger partial charge in [0.05, 0.1) is 15.7 Å². The van der Waals surface area contributed by atoms with Gasteiger partial charge in [-0.1, -0.05) is 0 Å². The summed E-state index contributed by atoms with van der Waals surface area (Å²) in [5.41, 5.74) is 12.9. The molecule has 0 aromatic rings. The molecule has 0 aliphatic rings. The van der Waals surface area contributed by atoms with Crippen molar-refractivity contribution in [1.29, 1.82) is 0 Å². The Morgan fingerprint density at radius 2 is 0.692 bits per heavy atom. The summed E-state index contributed by atoms with van der Waals surface area (Å²) in [6.45, 7) is 0. The van der Waals surface area contributed by atoms with Crippen LogP contribution in [0.5, 0.6) is 0 Å². The summed E-state index contributed by atoms with van der Waals surface area (Å²) >= 11 is 11.3. The van der Waals surface area contributed by atoms with Crippen molar-refractivity contribution in [1.82, 2.24) is 0 Å². The maximum absolute atomic E-state index is 9.04. The van der Waals surface area contributed by atoms with Crippen molar-refractivity contribution in [2.45, 2.75) is 0 Å². The molecule has 0 saturated heterocycles. The molecule has 13 heavy (non-hydrogen) atoms. The van der Waals surface area contributed by atoms with Crippen LogP contribution in [0.2, 0.25) is 0 Å². The molecule has 0 aromatic carbocycles. The fraction of sp³-hybridized carbons (Fsp3) is 0. The van der Waals surface area contributed by atoms with E-state index in [0.29, 0.717) is 0 Å². The average Bonchev–Trinajstić information content (AvgIpc) is 1.54. The Balaban J connectivity index is -0.0000000450. The van der Waals surface area contributed by atoms with E-state index in [0.717, 1.165) is 0 Å². The maximum Gasteiger partial charge on any atom is 0.0954 e. The van der Waals surface area contributed by atoms with Crippen molar-refractivity contribution in [3.63, 3.8) is 0 Å². The third-order valence-corrected chi connectivity index (χ3v) is 0. The van der Waals surface area contributed by atoms with E-state index in [-0.39, 0.29) is 17.1 Å². The van der Waals surface area contributed by atoms with E-state index >= 15 is 0 Å². The van der Waals surface area contributed by atoms with Crippen LogP contribution in [0.3, 0.4) is 0 Å². The molecule has 0 heterocycles. The minimum absolute atomic E-state index is 0. The van der Waals surface area contributed by atoms with Crippen LogP contribution in [0.25, 0.3) is 0 Å². The van der Waals surface area contributed by atoms with Gasteiger partial charge in [-0.15, -0.1) is 0 Å². The molecule has 0 saturated carbocycles. The van der Waals surface area contributed by atoms with E-state index in [1.807, 2.05) is 0 Å². The van der Waals surface area contributed by atoms with Crippen LogP contribution >= 0.6 is 0 Å². The Hall–Kier alpha value is -0.411. The van der Waals surface area contributed by atoms with Crippen LogP contribution in [0, 0.1) is 0 Å². The predicted molar refractivity (Wildman–Crippen MR) is 50.8 cm³/mol. The molecule has 0 spiro atoms. The van der Waals surface area contributed by atoms with Gasteiger partial charge in [-0.3, -0.25) is 0 Å². The van der Waals surface area contributed by atoms with E-state index in [1.165, 1.54) is 0 Å². The molecule has 0 rings (SSSR count). The van der Waals surface area contributed by atoms with Crippen LogP contribution < -0.4 is 17.2 Å². The Bertz CT molecular complexity index is 127. The molecule has 0 bridgehead atoms. The molecular weight excluding hydrogens is 286 g/mol. The Morgan fingerprint density at radius 1 is 0.692 bits per heavy atom. The zero-order valence-electron chi connectivity index (χ0n) is 5.98. The van der Waals surface area contributed by atoms with E-state index in [4.69, 9.17) is 14.4 Å². The van der Waals surface area contributed by atoms with Gasteiger partial charge in [-0.05, 0) is 0 Å². The van der Waals surface area contributed by atoms with Gasteiger partial charge in [0, 0.05) is 17.1 Å². The number of carbonyl (C=O) groups is 3. The van der Waals surface area contributed by atoms with Gasteiger partial charge in [0.15, 0.2) is 0 Å². The second-order valence-electron chi connectivity index (χ2n) is 0.957. The fourth-order valence-electron chi connectivity index (χ4n) is 0. The van der Waals surface area contributed by atoms with Gasteiger partial charge in [0.1, 0.15) is 0 Å². The molecule has 0 aromatic heterocycles. The number of hydrogen-bond acceptors (Lipinski definition) is 6. The largest absolute Gasteiger partial charge is 0.719 e. The molecule has 0 atom stereocenters. The number of primary amides is 3. The minimum Gasteiger partial charge on any atom is -0.719 e. The number of nitrogens with two attached hydrogens (primary N) is 3. The van der Waals surface area contributed by atoms with Gasteiger partial charge >= 0.3 is 0 Å². The fourth-order valence-corrected chi connectivity index (χ4v) is 0. The average molecular weight is 292 g/mol. The maximum atomic E-state index is 9.04. The Morgan fingerprint density at radius 3 is 0.692 bits per heavy atom. The molecule has 6 nitrogen and oxygen atoms in total. The summed E-state index contributed by atoms with van der Waals surface area (Å²) in [5, 5.41) is -2.25. The molecule has 0 aliphatic heterocycles. The third-order valence-electron chi connectivity index (χ3n) is 0. The van der Waals surface area contributed by atoms with E-state index in [2.05, 4.69) is 55.1 Å². The zero-order valence-corrected chi connectivity index (χ0v) is 9.37. The number of rotatable bonds is 0.